The molecule has 0 aromatic carbocycles. The minimum atomic E-state index is 0.580. The fourth-order valence-corrected chi connectivity index (χ4v) is 1.79. The van der Waals surface area contributed by atoms with Gasteiger partial charge in [0, 0.05) is 11.3 Å². The summed E-state index contributed by atoms with van der Waals surface area (Å²) in [6.45, 7) is 3.61. The number of aliphatic hydroxyl groups excluding tert-OH is 1. The predicted octanol–water partition coefficient (Wildman–Crippen LogP) is 3.21. The van der Waals surface area contributed by atoms with Gasteiger partial charge in [0.1, 0.15) is 5.76 Å². The Hall–Kier alpha value is -0.370. The van der Waals surface area contributed by atoms with Crippen molar-refractivity contribution in [2.24, 2.45) is 0 Å². The van der Waals surface area contributed by atoms with Gasteiger partial charge in [0.2, 0.25) is 0 Å². The van der Waals surface area contributed by atoms with Crippen molar-refractivity contribution in [2.45, 2.75) is 25.7 Å². The summed E-state index contributed by atoms with van der Waals surface area (Å²) in [5, 5.41) is 11.1. The lowest BCUT2D eigenvalue weighted by molar-refractivity contribution is 0.366. The maximum absolute atomic E-state index is 9.31. The van der Waals surface area contributed by atoms with Gasteiger partial charge in [-0.1, -0.05) is 18.3 Å². The summed E-state index contributed by atoms with van der Waals surface area (Å²) in [4.78, 5) is 1.11. The van der Waals surface area contributed by atoms with Gasteiger partial charge in [0.05, 0.1) is 0 Å². The van der Waals surface area contributed by atoms with Crippen molar-refractivity contribution in [2.75, 3.05) is 0 Å². The Kier molecular flexibility index (Phi) is 2.87. The monoisotopic (exact) mass is 156 g/mol. The molecule has 10 heavy (non-hydrogen) atoms. The first-order valence-electron chi connectivity index (χ1n) is 3.53. The fourth-order valence-electron chi connectivity index (χ4n) is 1.09. The van der Waals surface area contributed by atoms with Gasteiger partial charge in [-0.15, -0.1) is 0 Å². The zero-order valence-corrected chi connectivity index (χ0v) is 6.78. The third kappa shape index (κ3) is 1.81. The van der Waals surface area contributed by atoms with Crippen LogP contribution in [0.3, 0.4) is 0 Å². The van der Waals surface area contributed by atoms with E-state index >= 15 is 0 Å². The molecular formula is C8H12OS. The van der Waals surface area contributed by atoms with Gasteiger partial charge >= 0.3 is 0 Å². The molecule has 1 nitrogen and oxygen atoms in total. The van der Waals surface area contributed by atoms with E-state index in [4.69, 9.17) is 0 Å². The van der Waals surface area contributed by atoms with Gasteiger partial charge in [-0.2, -0.15) is 0 Å². The second kappa shape index (κ2) is 3.71. The lowest BCUT2D eigenvalue weighted by Gasteiger charge is -2.13. The molecule has 0 bridgehead atoms. The molecule has 56 valence electrons. The Balaban J connectivity index is 2.58. The van der Waals surface area contributed by atoms with Crippen molar-refractivity contribution in [1.29, 1.82) is 0 Å². The van der Waals surface area contributed by atoms with Crippen LogP contribution in [0.1, 0.15) is 25.7 Å². The molecule has 0 aromatic rings. The summed E-state index contributed by atoms with van der Waals surface area (Å²) in [5.41, 5.74) is 0. The molecule has 0 saturated carbocycles. The molecule has 1 rings (SSSR count). The van der Waals surface area contributed by atoms with Crippen LogP contribution in [0.4, 0.5) is 0 Å². The first-order valence-corrected chi connectivity index (χ1v) is 4.41. The molecular weight excluding hydrogens is 144 g/mol. The Labute approximate surface area is 65.8 Å². The molecule has 2 heteroatoms. The Morgan fingerprint density at radius 1 is 1.40 bits per heavy atom. The Morgan fingerprint density at radius 3 is 2.70 bits per heavy atom. The summed E-state index contributed by atoms with van der Waals surface area (Å²) >= 11 is 1.55. The van der Waals surface area contributed by atoms with Crippen LogP contribution in [-0.2, 0) is 0 Å². The van der Waals surface area contributed by atoms with Crippen molar-refractivity contribution in [1.82, 2.24) is 0 Å². The van der Waals surface area contributed by atoms with Gasteiger partial charge in [-0.3, -0.25) is 0 Å². The number of hydrogen-bond donors (Lipinski definition) is 1. The van der Waals surface area contributed by atoms with Crippen molar-refractivity contribution < 1.29 is 5.11 Å². The molecule has 1 aliphatic carbocycles. The minimum Gasteiger partial charge on any atom is -0.511 e. The van der Waals surface area contributed by atoms with Gasteiger partial charge in [0.15, 0.2) is 0 Å². The molecule has 1 aliphatic rings. The zero-order valence-electron chi connectivity index (χ0n) is 5.97. The third-order valence-electron chi connectivity index (χ3n) is 1.61. The minimum absolute atomic E-state index is 0.580. The number of thioether (sulfide) groups is 1. The lowest BCUT2D eigenvalue weighted by atomic mass is 10.1. The smallest absolute Gasteiger partial charge is 0.102 e. The largest absolute Gasteiger partial charge is 0.511 e. The number of hydrogen-bond acceptors (Lipinski definition) is 2. The van der Waals surface area contributed by atoms with E-state index in [9.17, 15) is 5.11 Å². The van der Waals surface area contributed by atoms with E-state index < -0.39 is 0 Å². The van der Waals surface area contributed by atoms with Crippen LogP contribution in [0.15, 0.2) is 22.7 Å². The van der Waals surface area contributed by atoms with Crippen molar-refractivity contribution >= 4 is 11.8 Å². The van der Waals surface area contributed by atoms with E-state index in [0.29, 0.717) is 5.76 Å². The second-order valence-corrected chi connectivity index (χ2v) is 3.42. The summed E-state index contributed by atoms with van der Waals surface area (Å²) in [6.07, 6.45) is 4.23. The van der Waals surface area contributed by atoms with Crippen LogP contribution in [0.2, 0.25) is 0 Å². The highest BCUT2D eigenvalue weighted by Crippen LogP contribution is 2.31. The van der Waals surface area contributed by atoms with E-state index in [1.807, 2.05) is 0 Å². The van der Waals surface area contributed by atoms with Crippen LogP contribution in [0.25, 0.3) is 0 Å². The van der Waals surface area contributed by atoms with E-state index in [0.717, 1.165) is 24.2 Å². The molecule has 0 heterocycles. The average Bonchev–Trinajstić information content (AvgIpc) is 1.94. The average molecular weight is 156 g/mol. The first-order chi connectivity index (χ1) is 4.84. The van der Waals surface area contributed by atoms with Gasteiger partial charge < -0.3 is 5.11 Å². The molecule has 0 spiro atoms. The maximum atomic E-state index is 9.31. The number of aliphatic hydroxyl groups is 1. The molecule has 0 aliphatic heterocycles. The molecule has 0 radical (unpaired) electrons. The normalized spacial score (nSPS) is 19.2. The summed E-state index contributed by atoms with van der Waals surface area (Å²) in [6, 6.07) is 0. The third-order valence-corrected chi connectivity index (χ3v) is 2.51. The van der Waals surface area contributed by atoms with Gasteiger partial charge in [0.25, 0.3) is 0 Å². The van der Waals surface area contributed by atoms with E-state index in [-0.39, 0.29) is 0 Å². The van der Waals surface area contributed by atoms with Crippen molar-refractivity contribution in [3.8, 4) is 0 Å². The zero-order chi connectivity index (χ0) is 7.40. The van der Waals surface area contributed by atoms with Crippen LogP contribution >= 0.6 is 11.8 Å². The Morgan fingerprint density at radius 2 is 2.10 bits per heavy atom. The predicted molar refractivity (Wildman–Crippen MR) is 45.9 cm³/mol. The Bertz CT molecular complexity index is 161. The van der Waals surface area contributed by atoms with Crippen LogP contribution < -0.4 is 0 Å². The molecule has 1 N–H and O–H groups in total. The molecule has 0 amide bonds. The van der Waals surface area contributed by atoms with E-state index in [1.165, 1.54) is 6.42 Å². The first kappa shape index (κ1) is 7.73. The molecule has 0 fully saturated rings. The van der Waals surface area contributed by atoms with E-state index in [2.05, 4.69) is 6.58 Å². The topological polar surface area (TPSA) is 20.2 Å². The molecule has 0 aromatic heterocycles. The summed E-state index contributed by atoms with van der Waals surface area (Å²) in [5.74, 6) is 0.580. The quantitative estimate of drug-likeness (QED) is 0.662. The highest BCUT2D eigenvalue weighted by molar-refractivity contribution is 8.05. The SMILES string of the molecule is C=CSC1=C(O)CCCC1. The second-order valence-electron chi connectivity index (χ2n) is 2.36. The van der Waals surface area contributed by atoms with Gasteiger partial charge in [-0.25, -0.2) is 0 Å². The summed E-state index contributed by atoms with van der Waals surface area (Å²) in [7, 11) is 0. The fraction of sp³-hybridized carbons (Fsp3) is 0.500. The van der Waals surface area contributed by atoms with Crippen LogP contribution in [-0.4, -0.2) is 5.11 Å². The maximum Gasteiger partial charge on any atom is 0.102 e. The number of rotatable bonds is 2. The number of allylic oxidation sites excluding steroid dienone is 2. The molecule has 0 saturated heterocycles. The van der Waals surface area contributed by atoms with Crippen LogP contribution in [0, 0.1) is 0 Å². The molecule has 0 atom stereocenters. The standard InChI is InChI=1S/C8H12OS/c1-2-10-8-6-4-3-5-7(8)9/h2,9H,1,3-6H2. The summed E-state index contributed by atoms with van der Waals surface area (Å²) < 4.78 is 0. The molecule has 0 unspecified atom stereocenters. The highest BCUT2D eigenvalue weighted by Gasteiger charge is 2.09. The lowest BCUT2D eigenvalue weighted by Crippen LogP contribution is -1.95. The van der Waals surface area contributed by atoms with E-state index in [1.54, 1.807) is 17.2 Å². The van der Waals surface area contributed by atoms with Gasteiger partial charge in [-0.05, 0) is 24.7 Å². The van der Waals surface area contributed by atoms with Crippen LogP contribution in [0.5, 0.6) is 0 Å². The highest BCUT2D eigenvalue weighted by atomic mass is 32.2. The van der Waals surface area contributed by atoms with Crippen molar-refractivity contribution in [3.05, 3.63) is 22.7 Å². The van der Waals surface area contributed by atoms with Crippen molar-refractivity contribution in [3.63, 3.8) is 0 Å².